The molecule has 1 aliphatic heterocycles. The van der Waals surface area contributed by atoms with E-state index in [0.29, 0.717) is 38.1 Å². The smallest absolute Gasteiger partial charge is 0.248 e. The Kier molecular flexibility index (Phi) is 12.8. The first kappa shape index (κ1) is 33.8. The van der Waals surface area contributed by atoms with Crippen molar-refractivity contribution in [2.45, 2.75) is 88.4 Å². The molecule has 2 fully saturated rings. The number of nitrogens with zero attached hydrogens (tertiary/aromatic N) is 4. The number of rotatable bonds is 6. The molecule has 2 aliphatic rings. The summed E-state index contributed by atoms with van der Waals surface area (Å²) in [5.74, 6) is -2.38. The molecular formula is C31H43F2N5O3. The highest BCUT2D eigenvalue weighted by atomic mass is 19.3. The van der Waals surface area contributed by atoms with E-state index in [1.54, 1.807) is 12.4 Å². The molecule has 1 saturated carbocycles. The fraction of sp³-hybridized carbons (Fsp3) is 0.548. The number of halogens is 2. The monoisotopic (exact) mass is 571 g/mol. The van der Waals surface area contributed by atoms with Crippen LogP contribution in [0.3, 0.4) is 0 Å². The molecule has 4 rings (SSSR count). The summed E-state index contributed by atoms with van der Waals surface area (Å²) in [5.41, 5.74) is 3.33. The Bertz CT molecular complexity index is 1110. The van der Waals surface area contributed by atoms with Gasteiger partial charge in [0.25, 0.3) is 0 Å². The van der Waals surface area contributed by atoms with Crippen LogP contribution in [0, 0.1) is 11.5 Å². The summed E-state index contributed by atoms with van der Waals surface area (Å²) in [7, 11) is 3.76. The number of hydrogen-bond acceptors (Lipinski definition) is 8. The van der Waals surface area contributed by atoms with E-state index in [-0.39, 0.29) is 24.3 Å². The van der Waals surface area contributed by atoms with Gasteiger partial charge >= 0.3 is 0 Å². The van der Waals surface area contributed by atoms with Crippen LogP contribution in [0.1, 0.15) is 70.0 Å². The second-order valence-corrected chi connectivity index (χ2v) is 11.5. The quantitative estimate of drug-likeness (QED) is 0.381. The van der Waals surface area contributed by atoms with E-state index < -0.39 is 18.1 Å². The molecule has 1 aliphatic carbocycles. The van der Waals surface area contributed by atoms with E-state index in [1.807, 2.05) is 37.3 Å². The van der Waals surface area contributed by atoms with Crippen LogP contribution in [0.5, 0.6) is 0 Å². The van der Waals surface area contributed by atoms with Crippen LogP contribution in [-0.2, 0) is 15.0 Å². The predicted molar refractivity (Wildman–Crippen MR) is 156 cm³/mol. The predicted octanol–water partition coefficient (Wildman–Crippen LogP) is 4.64. The molecule has 1 aromatic carbocycles. The average molecular weight is 572 g/mol. The van der Waals surface area contributed by atoms with Crippen molar-refractivity contribution < 1.29 is 23.5 Å². The van der Waals surface area contributed by atoms with Crippen molar-refractivity contribution in [3.63, 3.8) is 0 Å². The molecule has 2 N–H and O–H groups in total. The Hall–Kier alpha value is -3.42. The first-order valence-electron chi connectivity index (χ1n) is 13.9. The fourth-order valence-electron chi connectivity index (χ4n) is 4.72. The highest BCUT2D eigenvalue weighted by Gasteiger charge is 2.34. The maximum atomic E-state index is 12.5. The lowest BCUT2D eigenvalue weighted by atomic mass is 9.87. The molecule has 3 unspecified atom stereocenters. The number of likely N-dealkylation sites (N-methyl/N-ethyl adjacent to an activating group) is 1. The van der Waals surface area contributed by atoms with E-state index in [9.17, 15) is 18.4 Å². The van der Waals surface area contributed by atoms with Crippen molar-refractivity contribution in [1.29, 1.82) is 5.26 Å². The van der Waals surface area contributed by atoms with Gasteiger partial charge in [0.05, 0.1) is 18.7 Å². The lowest BCUT2D eigenvalue weighted by molar-refractivity contribution is -0.111. The van der Waals surface area contributed by atoms with Crippen molar-refractivity contribution in [2.75, 3.05) is 25.5 Å². The molecule has 2 heterocycles. The summed E-state index contributed by atoms with van der Waals surface area (Å²) in [4.78, 5) is 29.0. The molecule has 0 bridgehead atoms. The average Bonchev–Trinajstić information content (AvgIpc) is 3.34. The van der Waals surface area contributed by atoms with Gasteiger partial charge in [-0.1, -0.05) is 39.0 Å². The third kappa shape index (κ3) is 10.5. The number of aliphatic hydroxyl groups excluding tert-OH is 1. The minimum absolute atomic E-state index is 0.0541. The van der Waals surface area contributed by atoms with Crippen LogP contribution < -0.4 is 10.2 Å². The number of aliphatic hydroxyl groups is 1. The van der Waals surface area contributed by atoms with Gasteiger partial charge in [0.2, 0.25) is 5.92 Å². The first-order valence-corrected chi connectivity index (χ1v) is 13.9. The third-order valence-electron chi connectivity index (χ3n) is 7.44. The molecule has 10 heteroatoms. The minimum atomic E-state index is -2.38. The Labute approximate surface area is 242 Å². The van der Waals surface area contributed by atoms with E-state index >= 15 is 0 Å². The van der Waals surface area contributed by atoms with Crippen molar-refractivity contribution in [3.8, 4) is 6.19 Å². The molecule has 2 aromatic rings. The van der Waals surface area contributed by atoms with Gasteiger partial charge in [-0.2, -0.15) is 5.26 Å². The van der Waals surface area contributed by atoms with E-state index in [4.69, 9.17) is 10.4 Å². The number of benzene rings is 1. The summed E-state index contributed by atoms with van der Waals surface area (Å²) in [6, 6.07) is 11.7. The van der Waals surface area contributed by atoms with E-state index in [2.05, 4.69) is 55.3 Å². The maximum Gasteiger partial charge on any atom is 0.248 e. The summed E-state index contributed by atoms with van der Waals surface area (Å²) >= 11 is 0. The Morgan fingerprint density at radius 2 is 1.83 bits per heavy atom. The number of carbonyl (C=O) groups excluding carboxylic acids is 2. The van der Waals surface area contributed by atoms with Crippen LogP contribution in [0.4, 0.5) is 14.5 Å². The van der Waals surface area contributed by atoms with Crippen molar-refractivity contribution >= 4 is 18.3 Å². The van der Waals surface area contributed by atoms with Crippen LogP contribution in [0.2, 0.25) is 0 Å². The van der Waals surface area contributed by atoms with Crippen LogP contribution in [0.25, 0.3) is 0 Å². The largest absolute Gasteiger partial charge is 0.391 e. The maximum absolute atomic E-state index is 12.5. The van der Waals surface area contributed by atoms with Crippen molar-refractivity contribution in [2.24, 2.45) is 0 Å². The fourth-order valence-corrected chi connectivity index (χ4v) is 4.72. The minimum Gasteiger partial charge on any atom is -0.391 e. The number of aromatic nitrogens is 1. The van der Waals surface area contributed by atoms with E-state index in [1.165, 1.54) is 10.5 Å². The lowest BCUT2D eigenvalue weighted by Crippen LogP contribution is -2.34. The number of β-amino-alcohol motifs (C(OH)–C–C–N with tert-alkyl or cyclic N) is 1. The van der Waals surface area contributed by atoms with Crippen LogP contribution in [0.15, 0.2) is 48.8 Å². The van der Waals surface area contributed by atoms with Crippen molar-refractivity contribution in [3.05, 3.63) is 59.9 Å². The number of nitrogens with one attached hydrogen (secondary N) is 1. The van der Waals surface area contributed by atoms with Gasteiger partial charge in [-0.05, 0) is 54.6 Å². The highest BCUT2D eigenvalue weighted by molar-refractivity contribution is 5.68. The number of likely N-dealkylation sites (tertiary alicyclic amines) is 1. The number of nitriles is 1. The van der Waals surface area contributed by atoms with Gasteiger partial charge in [0, 0.05) is 50.4 Å². The summed E-state index contributed by atoms with van der Waals surface area (Å²) in [6.07, 6.45) is 8.14. The van der Waals surface area contributed by atoms with Gasteiger partial charge in [0.1, 0.15) is 18.6 Å². The van der Waals surface area contributed by atoms with Gasteiger partial charge < -0.3 is 24.9 Å². The SMILES string of the molecule is CN(c1ccc(C(C)(C)C)cc1)C(C=O)c1cccnc1.CNC1CCC(F)(F)CC1.N#CN1CC(O)CC1C=O. The number of hydrogen-bond donors (Lipinski definition) is 2. The molecule has 1 aromatic heterocycles. The number of aldehydes is 2. The van der Waals surface area contributed by atoms with Gasteiger partial charge in [-0.25, -0.2) is 8.78 Å². The lowest BCUT2D eigenvalue weighted by Gasteiger charge is -2.27. The Balaban J connectivity index is 0.000000244. The third-order valence-corrected chi connectivity index (χ3v) is 7.44. The normalized spacial score (nSPS) is 20.8. The molecule has 1 saturated heterocycles. The van der Waals surface area contributed by atoms with Gasteiger partial charge in [0.15, 0.2) is 6.19 Å². The van der Waals surface area contributed by atoms with Gasteiger partial charge in [-0.3, -0.25) is 9.88 Å². The number of carbonyl (C=O) groups is 2. The molecule has 3 atom stereocenters. The zero-order valence-electron chi connectivity index (χ0n) is 24.6. The summed E-state index contributed by atoms with van der Waals surface area (Å²) in [6.45, 7) is 6.86. The molecule has 0 spiro atoms. The zero-order valence-corrected chi connectivity index (χ0v) is 24.6. The number of anilines is 1. The zero-order chi connectivity index (χ0) is 30.6. The molecular weight excluding hydrogens is 528 g/mol. The molecule has 8 nitrogen and oxygen atoms in total. The molecule has 224 valence electrons. The summed E-state index contributed by atoms with van der Waals surface area (Å²) < 4.78 is 25.0. The Morgan fingerprint density at radius 1 is 1.20 bits per heavy atom. The van der Waals surface area contributed by atoms with E-state index in [0.717, 1.165) is 17.5 Å². The second kappa shape index (κ2) is 15.5. The molecule has 41 heavy (non-hydrogen) atoms. The first-order chi connectivity index (χ1) is 19.3. The van der Waals surface area contributed by atoms with Crippen molar-refractivity contribution in [1.82, 2.24) is 15.2 Å². The molecule has 0 amide bonds. The van der Waals surface area contributed by atoms with Gasteiger partial charge in [-0.15, -0.1) is 0 Å². The standard InChI is InChI=1S/C18H22N2O.C7H13F2N.C6H8N2O2/c1-18(2,3)15-7-9-16(10-8-15)20(4)17(13-21)14-6-5-11-19-12-14;1-10-6-2-4-7(8,9)5-3-6;7-4-8-2-6(10)1-5(8)3-9/h5-13,17H,1-4H3;6,10H,2-5H2,1H3;3,5-6,10H,1-2H2. The second-order valence-electron chi connectivity index (χ2n) is 11.5. The number of alkyl halides is 2. The number of pyridine rings is 1. The van der Waals surface area contributed by atoms with Crippen LogP contribution >= 0.6 is 0 Å². The van der Waals surface area contributed by atoms with Crippen LogP contribution in [-0.4, -0.2) is 72.3 Å². The molecule has 0 radical (unpaired) electrons. The highest BCUT2D eigenvalue weighted by Crippen LogP contribution is 2.32. The topological polar surface area (TPSA) is 110 Å². The summed E-state index contributed by atoms with van der Waals surface area (Å²) in [5, 5.41) is 20.4. The Morgan fingerprint density at radius 3 is 2.27 bits per heavy atom.